The number of rotatable bonds is 17. The molecule has 0 aliphatic carbocycles. The molecule has 0 spiro atoms. The summed E-state index contributed by atoms with van der Waals surface area (Å²) in [7, 11) is 1.70. The smallest absolute Gasteiger partial charge is 0.100 e. The van der Waals surface area contributed by atoms with Gasteiger partial charge in [0.2, 0.25) is 0 Å². The first kappa shape index (κ1) is 21.8. The van der Waals surface area contributed by atoms with Crippen LogP contribution in [-0.4, -0.2) is 49.4 Å². The fraction of sp³-hybridized carbons (Fsp3) is 1.00. The summed E-state index contributed by atoms with van der Waals surface area (Å²) in [6.07, 6.45) is 13.7. The minimum atomic E-state index is -0.783. The number of hydrogen-bond donors (Lipinski definition) is 2. The summed E-state index contributed by atoms with van der Waals surface area (Å²) in [5, 5.41) is 17.9. The van der Waals surface area contributed by atoms with Gasteiger partial charge in [-0.15, -0.1) is 0 Å². The van der Waals surface area contributed by atoms with E-state index in [9.17, 15) is 5.11 Å². The van der Waals surface area contributed by atoms with Crippen LogP contribution >= 0.6 is 0 Å². The number of unbranched alkanes of at least 4 members (excludes halogenated alkanes) is 9. The lowest BCUT2D eigenvalue weighted by atomic mass is 10.0. The molecule has 0 fully saturated rings. The van der Waals surface area contributed by atoms with Crippen LogP contribution in [0.4, 0.5) is 0 Å². The fourth-order valence-corrected chi connectivity index (χ4v) is 2.52. The van der Waals surface area contributed by atoms with Gasteiger partial charge in [-0.2, -0.15) is 0 Å². The zero-order valence-electron chi connectivity index (χ0n) is 14.8. The Morgan fingerprint density at radius 3 is 1.86 bits per heavy atom. The van der Waals surface area contributed by atoms with Crippen LogP contribution in [0.3, 0.4) is 0 Å². The van der Waals surface area contributed by atoms with Gasteiger partial charge < -0.3 is 19.7 Å². The Bertz CT molecular complexity index is 211. The van der Waals surface area contributed by atoms with E-state index in [-0.39, 0.29) is 19.3 Å². The minimum Gasteiger partial charge on any atom is -0.394 e. The molecule has 2 unspecified atom stereocenters. The fourth-order valence-electron chi connectivity index (χ4n) is 2.52. The maximum Gasteiger partial charge on any atom is 0.100 e. The third-order valence-corrected chi connectivity index (χ3v) is 4.04. The highest BCUT2D eigenvalue weighted by Gasteiger charge is 2.09. The van der Waals surface area contributed by atoms with Crippen molar-refractivity contribution >= 4 is 0 Å². The van der Waals surface area contributed by atoms with Gasteiger partial charge >= 0.3 is 0 Å². The van der Waals surface area contributed by atoms with Crippen LogP contribution in [0.2, 0.25) is 0 Å². The summed E-state index contributed by atoms with van der Waals surface area (Å²) in [6.45, 7) is 2.67. The molecular weight excluding hydrogens is 280 g/mol. The van der Waals surface area contributed by atoms with E-state index < -0.39 is 6.10 Å². The van der Waals surface area contributed by atoms with E-state index in [0.29, 0.717) is 6.61 Å². The summed E-state index contributed by atoms with van der Waals surface area (Å²) in [6, 6.07) is 0. The Balaban J connectivity index is 3.32. The number of aliphatic hydroxyl groups is 2. The Morgan fingerprint density at radius 2 is 1.36 bits per heavy atom. The van der Waals surface area contributed by atoms with E-state index >= 15 is 0 Å². The van der Waals surface area contributed by atoms with Crippen molar-refractivity contribution in [2.75, 3.05) is 26.9 Å². The van der Waals surface area contributed by atoms with Crippen LogP contribution in [0.1, 0.15) is 77.6 Å². The lowest BCUT2D eigenvalue weighted by molar-refractivity contribution is -0.0381. The molecule has 0 amide bonds. The summed E-state index contributed by atoms with van der Waals surface area (Å²) < 4.78 is 10.7. The number of hydrogen-bond acceptors (Lipinski definition) is 4. The van der Waals surface area contributed by atoms with Gasteiger partial charge in [0.05, 0.1) is 25.9 Å². The maximum atomic E-state index is 9.19. The largest absolute Gasteiger partial charge is 0.394 e. The average Bonchev–Trinajstić information content (AvgIpc) is 2.54. The monoisotopic (exact) mass is 318 g/mol. The molecule has 0 saturated carbocycles. The van der Waals surface area contributed by atoms with Crippen molar-refractivity contribution in [1.82, 2.24) is 0 Å². The van der Waals surface area contributed by atoms with E-state index in [1.807, 2.05) is 0 Å². The first-order valence-corrected chi connectivity index (χ1v) is 9.14. The summed E-state index contributed by atoms with van der Waals surface area (Å²) >= 11 is 0. The van der Waals surface area contributed by atoms with Gasteiger partial charge in [0.15, 0.2) is 0 Å². The van der Waals surface area contributed by atoms with Crippen molar-refractivity contribution in [1.29, 1.82) is 0 Å². The van der Waals surface area contributed by atoms with E-state index in [1.54, 1.807) is 7.11 Å². The van der Waals surface area contributed by atoms with Crippen LogP contribution in [0, 0.1) is 0 Å². The lowest BCUT2D eigenvalue weighted by Crippen LogP contribution is -2.24. The third kappa shape index (κ3) is 14.8. The second-order valence-corrected chi connectivity index (χ2v) is 6.20. The summed E-state index contributed by atoms with van der Waals surface area (Å²) in [4.78, 5) is 0. The third-order valence-electron chi connectivity index (χ3n) is 4.04. The van der Waals surface area contributed by atoms with Crippen molar-refractivity contribution in [2.45, 2.75) is 89.8 Å². The van der Waals surface area contributed by atoms with E-state index in [2.05, 4.69) is 6.92 Å². The molecule has 4 heteroatoms. The van der Waals surface area contributed by atoms with Crippen molar-refractivity contribution in [2.24, 2.45) is 0 Å². The van der Waals surface area contributed by atoms with Crippen molar-refractivity contribution < 1.29 is 19.7 Å². The minimum absolute atomic E-state index is 0.0972. The van der Waals surface area contributed by atoms with E-state index in [1.165, 1.54) is 64.2 Å². The number of ether oxygens (including phenoxy) is 2. The Labute approximate surface area is 137 Å². The molecule has 0 aliphatic heterocycles. The van der Waals surface area contributed by atoms with Gasteiger partial charge in [-0.3, -0.25) is 0 Å². The van der Waals surface area contributed by atoms with Gasteiger partial charge in [-0.25, -0.2) is 0 Å². The highest BCUT2D eigenvalue weighted by Crippen LogP contribution is 2.13. The second kappa shape index (κ2) is 17.2. The molecule has 0 heterocycles. The highest BCUT2D eigenvalue weighted by atomic mass is 16.5. The molecule has 2 atom stereocenters. The Hall–Kier alpha value is -0.160. The first-order valence-electron chi connectivity index (χ1n) is 9.14. The standard InChI is InChI=1S/C18H38O4/c1-3-4-5-6-7-8-9-10-11-12-13-18(21-2)16-22-15-17(20)14-19/h17-20H,3-16H2,1-2H3. The number of methoxy groups -OCH3 is 1. The molecule has 0 bridgehead atoms. The van der Waals surface area contributed by atoms with Gasteiger partial charge in [0.1, 0.15) is 6.10 Å². The zero-order valence-corrected chi connectivity index (χ0v) is 14.8. The number of aliphatic hydroxyl groups excluding tert-OH is 2. The van der Waals surface area contributed by atoms with Gasteiger partial charge in [0.25, 0.3) is 0 Å². The molecule has 134 valence electrons. The van der Waals surface area contributed by atoms with Crippen LogP contribution < -0.4 is 0 Å². The lowest BCUT2D eigenvalue weighted by Gasteiger charge is -2.16. The van der Waals surface area contributed by atoms with E-state index in [0.717, 1.165) is 6.42 Å². The average molecular weight is 318 g/mol. The van der Waals surface area contributed by atoms with Crippen LogP contribution in [0.5, 0.6) is 0 Å². The molecule has 0 aromatic heterocycles. The maximum absolute atomic E-state index is 9.19. The zero-order chi connectivity index (χ0) is 16.5. The molecule has 0 aromatic rings. The molecule has 0 aliphatic rings. The van der Waals surface area contributed by atoms with Crippen LogP contribution in [-0.2, 0) is 9.47 Å². The predicted molar refractivity (Wildman–Crippen MR) is 91.2 cm³/mol. The summed E-state index contributed by atoms with van der Waals surface area (Å²) in [5.41, 5.74) is 0. The molecule has 0 aromatic carbocycles. The first-order chi connectivity index (χ1) is 10.7. The molecule has 0 radical (unpaired) electrons. The van der Waals surface area contributed by atoms with Crippen LogP contribution in [0.25, 0.3) is 0 Å². The summed E-state index contributed by atoms with van der Waals surface area (Å²) in [5.74, 6) is 0. The quantitative estimate of drug-likeness (QED) is 0.402. The van der Waals surface area contributed by atoms with Crippen molar-refractivity contribution in [3.05, 3.63) is 0 Å². The molecule has 22 heavy (non-hydrogen) atoms. The van der Waals surface area contributed by atoms with Gasteiger partial charge in [-0.1, -0.05) is 71.1 Å². The van der Waals surface area contributed by atoms with Gasteiger partial charge in [-0.05, 0) is 6.42 Å². The molecule has 0 rings (SSSR count). The molecule has 0 saturated heterocycles. The van der Waals surface area contributed by atoms with E-state index in [4.69, 9.17) is 14.6 Å². The topological polar surface area (TPSA) is 58.9 Å². The Kier molecular flexibility index (Phi) is 17.1. The SMILES string of the molecule is CCCCCCCCCCCCC(COCC(O)CO)OC. The van der Waals surface area contributed by atoms with Gasteiger partial charge in [0, 0.05) is 7.11 Å². The highest BCUT2D eigenvalue weighted by molar-refractivity contribution is 4.58. The normalized spacial score (nSPS) is 14.2. The van der Waals surface area contributed by atoms with Crippen LogP contribution in [0.15, 0.2) is 0 Å². The van der Waals surface area contributed by atoms with Crippen molar-refractivity contribution in [3.63, 3.8) is 0 Å². The van der Waals surface area contributed by atoms with Crippen molar-refractivity contribution in [3.8, 4) is 0 Å². The molecule has 4 nitrogen and oxygen atoms in total. The Morgan fingerprint density at radius 1 is 0.818 bits per heavy atom. The molecule has 2 N–H and O–H groups in total. The molecular formula is C18H38O4. The second-order valence-electron chi connectivity index (χ2n) is 6.20. The predicted octanol–water partition coefficient (Wildman–Crippen LogP) is 3.68.